The second-order valence-corrected chi connectivity index (χ2v) is 6.34. The predicted octanol–water partition coefficient (Wildman–Crippen LogP) is 0.389. The first-order chi connectivity index (χ1) is 10.6. The van der Waals surface area contributed by atoms with Gasteiger partial charge < -0.3 is 4.98 Å². The van der Waals surface area contributed by atoms with Crippen LogP contribution in [0.15, 0.2) is 32.7 Å². The maximum atomic E-state index is 12.4. The van der Waals surface area contributed by atoms with Gasteiger partial charge in [0.1, 0.15) is 0 Å². The van der Waals surface area contributed by atoms with E-state index in [2.05, 4.69) is 9.71 Å². The zero-order valence-corrected chi connectivity index (χ0v) is 12.9. The minimum absolute atomic E-state index is 0.0378. The summed E-state index contributed by atoms with van der Waals surface area (Å²) in [5, 5.41) is 10.8. The summed E-state index contributed by atoms with van der Waals surface area (Å²) in [6.45, 7) is 2.80. The number of nitro benzene ring substituents is 1. The SMILES string of the molecule is Cc1ccc([N+](=O)[O-])cc1NS(=O)(=O)c1c(C)[nH]c(=O)[nH]c1=O. The standard InChI is InChI=1S/C12H12N4O6S/c1-6-3-4-8(16(19)20)5-9(6)15-23(21,22)10-7(2)13-12(18)14-11(10)17/h3-5,15H,1-2H3,(H2,13,14,17,18). The zero-order chi connectivity index (χ0) is 17.4. The summed E-state index contributed by atoms with van der Waals surface area (Å²) in [5.74, 6) is 0. The predicted molar refractivity (Wildman–Crippen MR) is 81.1 cm³/mol. The van der Waals surface area contributed by atoms with Crippen LogP contribution in [-0.2, 0) is 10.0 Å². The van der Waals surface area contributed by atoms with Gasteiger partial charge in [0.05, 0.1) is 10.6 Å². The van der Waals surface area contributed by atoms with Crippen molar-refractivity contribution in [2.24, 2.45) is 0 Å². The molecule has 0 fully saturated rings. The van der Waals surface area contributed by atoms with Crippen LogP contribution in [-0.4, -0.2) is 23.3 Å². The third-order valence-corrected chi connectivity index (χ3v) is 4.54. The molecule has 0 bridgehead atoms. The summed E-state index contributed by atoms with van der Waals surface area (Å²) in [6, 6.07) is 3.65. The van der Waals surface area contributed by atoms with Crippen LogP contribution in [0.1, 0.15) is 11.3 Å². The molecular weight excluding hydrogens is 328 g/mol. The average Bonchev–Trinajstić information content (AvgIpc) is 2.39. The molecular formula is C12H12N4O6S. The Bertz CT molecular complexity index is 1000. The summed E-state index contributed by atoms with van der Waals surface area (Å²) in [6.07, 6.45) is 0. The van der Waals surface area contributed by atoms with E-state index in [1.807, 2.05) is 4.98 Å². The highest BCUT2D eigenvalue weighted by molar-refractivity contribution is 7.92. The number of aromatic nitrogens is 2. The number of H-pyrrole nitrogens is 2. The van der Waals surface area contributed by atoms with E-state index in [0.717, 1.165) is 6.07 Å². The lowest BCUT2D eigenvalue weighted by molar-refractivity contribution is -0.384. The van der Waals surface area contributed by atoms with Crippen molar-refractivity contribution in [3.05, 3.63) is 60.4 Å². The fourth-order valence-corrected chi connectivity index (χ4v) is 3.30. The number of aryl methyl sites for hydroxylation is 2. The van der Waals surface area contributed by atoms with Crippen LogP contribution in [0.2, 0.25) is 0 Å². The number of anilines is 1. The fourth-order valence-electron chi connectivity index (χ4n) is 1.94. The summed E-state index contributed by atoms with van der Waals surface area (Å²) >= 11 is 0. The van der Waals surface area contributed by atoms with Crippen molar-refractivity contribution < 1.29 is 13.3 Å². The van der Waals surface area contributed by atoms with E-state index in [-0.39, 0.29) is 17.1 Å². The Morgan fingerprint density at radius 2 is 1.83 bits per heavy atom. The molecule has 1 heterocycles. The number of non-ortho nitro benzene ring substituents is 1. The molecule has 0 aliphatic rings. The van der Waals surface area contributed by atoms with Gasteiger partial charge in [-0.25, -0.2) is 13.2 Å². The summed E-state index contributed by atoms with van der Waals surface area (Å²) in [5.41, 5.74) is -1.98. The van der Waals surface area contributed by atoms with E-state index in [1.54, 1.807) is 6.92 Å². The van der Waals surface area contributed by atoms with E-state index in [4.69, 9.17) is 0 Å². The number of rotatable bonds is 4. The number of aromatic amines is 2. The van der Waals surface area contributed by atoms with Gasteiger partial charge in [0.25, 0.3) is 21.3 Å². The highest BCUT2D eigenvalue weighted by Crippen LogP contribution is 2.24. The number of benzene rings is 1. The molecule has 0 saturated carbocycles. The van der Waals surface area contributed by atoms with Gasteiger partial charge in [-0.3, -0.25) is 24.6 Å². The van der Waals surface area contributed by atoms with Gasteiger partial charge in [-0.15, -0.1) is 0 Å². The van der Waals surface area contributed by atoms with Crippen LogP contribution in [0.5, 0.6) is 0 Å². The molecule has 1 aromatic carbocycles. The average molecular weight is 340 g/mol. The second kappa shape index (κ2) is 5.68. The van der Waals surface area contributed by atoms with E-state index < -0.39 is 31.1 Å². The lowest BCUT2D eigenvalue weighted by atomic mass is 10.2. The monoisotopic (exact) mass is 340 g/mol. The van der Waals surface area contributed by atoms with Gasteiger partial charge in [-0.1, -0.05) is 6.07 Å². The van der Waals surface area contributed by atoms with Crippen LogP contribution in [0.3, 0.4) is 0 Å². The topological polar surface area (TPSA) is 155 Å². The normalized spacial score (nSPS) is 11.2. The van der Waals surface area contributed by atoms with Crippen molar-refractivity contribution in [1.29, 1.82) is 0 Å². The van der Waals surface area contributed by atoms with Gasteiger partial charge in [0, 0.05) is 17.8 Å². The van der Waals surface area contributed by atoms with Gasteiger partial charge in [0.15, 0.2) is 4.90 Å². The molecule has 3 N–H and O–H groups in total. The molecule has 0 amide bonds. The van der Waals surface area contributed by atoms with Crippen LogP contribution >= 0.6 is 0 Å². The molecule has 122 valence electrons. The molecule has 0 radical (unpaired) electrons. The van der Waals surface area contributed by atoms with E-state index in [9.17, 15) is 28.1 Å². The third kappa shape index (κ3) is 3.29. The summed E-state index contributed by atoms with van der Waals surface area (Å²) in [4.78, 5) is 36.3. The first-order valence-electron chi connectivity index (χ1n) is 6.23. The number of nitrogens with one attached hydrogen (secondary N) is 3. The maximum Gasteiger partial charge on any atom is 0.325 e. The van der Waals surface area contributed by atoms with Crippen molar-refractivity contribution in [2.45, 2.75) is 18.7 Å². The molecule has 0 aliphatic heterocycles. The maximum absolute atomic E-state index is 12.4. The lowest BCUT2D eigenvalue weighted by Gasteiger charge is -2.11. The highest BCUT2D eigenvalue weighted by atomic mass is 32.2. The van der Waals surface area contributed by atoms with Crippen LogP contribution < -0.4 is 16.0 Å². The number of nitro groups is 1. The van der Waals surface area contributed by atoms with Crippen molar-refractivity contribution >= 4 is 21.4 Å². The molecule has 23 heavy (non-hydrogen) atoms. The minimum atomic E-state index is -4.34. The molecule has 1 aromatic heterocycles. The lowest BCUT2D eigenvalue weighted by Crippen LogP contribution is -2.31. The number of hydrogen-bond acceptors (Lipinski definition) is 6. The van der Waals surface area contributed by atoms with Crippen LogP contribution in [0.4, 0.5) is 11.4 Å². The van der Waals surface area contributed by atoms with Gasteiger partial charge >= 0.3 is 5.69 Å². The molecule has 2 aromatic rings. The molecule has 0 saturated heterocycles. The van der Waals surface area contributed by atoms with E-state index in [0.29, 0.717) is 5.56 Å². The Hall–Kier alpha value is -2.95. The van der Waals surface area contributed by atoms with Crippen molar-refractivity contribution in [3.8, 4) is 0 Å². The molecule has 0 atom stereocenters. The van der Waals surface area contributed by atoms with Crippen molar-refractivity contribution in [3.63, 3.8) is 0 Å². The Balaban J connectivity index is 2.56. The molecule has 0 spiro atoms. The van der Waals surface area contributed by atoms with Crippen molar-refractivity contribution in [1.82, 2.24) is 9.97 Å². The Morgan fingerprint density at radius 1 is 1.17 bits per heavy atom. The number of hydrogen-bond donors (Lipinski definition) is 3. The van der Waals surface area contributed by atoms with Crippen LogP contribution in [0.25, 0.3) is 0 Å². The van der Waals surface area contributed by atoms with E-state index >= 15 is 0 Å². The van der Waals surface area contributed by atoms with Crippen LogP contribution in [0, 0.1) is 24.0 Å². The summed E-state index contributed by atoms with van der Waals surface area (Å²) in [7, 11) is -4.34. The van der Waals surface area contributed by atoms with Crippen molar-refractivity contribution in [2.75, 3.05) is 4.72 Å². The molecule has 0 aliphatic carbocycles. The smallest absolute Gasteiger partial charge is 0.310 e. The molecule has 0 unspecified atom stereocenters. The first-order valence-corrected chi connectivity index (χ1v) is 7.71. The number of nitrogens with zero attached hydrogens (tertiary/aromatic N) is 1. The van der Waals surface area contributed by atoms with Gasteiger partial charge in [-0.2, -0.15) is 0 Å². The third-order valence-electron chi connectivity index (χ3n) is 3.02. The Labute approximate surface area is 129 Å². The first kappa shape index (κ1) is 16.4. The van der Waals surface area contributed by atoms with E-state index in [1.165, 1.54) is 19.1 Å². The summed E-state index contributed by atoms with van der Waals surface area (Å²) < 4.78 is 26.9. The quantitative estimate of drug-likeness (QED) is 0.540. The zero-order valence-electron chi connectivity index (χ0n) is 12.0. The molecule has 11 heteroatoms. The second-order valence-electron chi connectivity index (χ2n) is 4.72. The minimum Gasteiger partial charge on any atom is -0.310 e. The Kier molecular flexibility index (Phi) is 4.06. The fraction of sp³-hybridized carbons (Fsp3) is 0.167. The largest absolute Gasteiger partial charge is 0.325 e. The molecule has 2 rings (SSSR count). The van der Waals surface area contributed by atoms with Gasteiger partial charge in [0.2, 0.25) is 0 Å². The van der Waals surface area contributed by atoms with Gasteiger partial charge in [-0.05, 0) is 19.4 Å². The number of sulfonamides is 1. The highest BCUT2D eigenvalue weighted by Gasteiger charge is 2.23. The Morgan fingerprint density at radius 3 is 2.39 bits per heavy atom. The molecule has 10 nitrogen and oxygen atoms in total.